The molecule has 0 saturated heterocycles. The molecule has 22 heavy (non-hydrogen) atoms. The number of fused-ring (bicyclic) bond motifs is 1. The number of rotatable bonds is 4. The van der Waals surface area contributed by atoms with E-state index in [1.54, 1.807) is 25.3 Å². The Balaban J connectivity index is 2.13. The van der Waals surface area contributed by atoms with Crippen LogP contribution in [-0.2, 0) is 0 Å². The maximum absolute atomic E-state index is 11.0. The SMILES string of the molecule is COc1ccc(C=O)cc1Oc1ncnc2cccc(C)c12. The minimum absolute atomic E-state index is 0.435. The Hall–Kier alpha value is -2.95. The lowest BCUT2D eigenvalue weighted by atomic mass is 10.1. The average molecular weight is 294 g/mol. The van der Waals surface area contributed by atoms with Gasteiger partial charge in [0.15, 0.2) is 11.5 Å². The molecule has 0 aliphatic heterocycles. The van der Waals surface area contributed by atoms with Crippen molar-refractivity contribution in [2.45, 2.75) is 6.92 Å². The molecule has 0 amide bonds. The quantitative estimate of drug-likeness (QED) is 0.689. The molecule has 0 unspecified atom stereocenters. The van der Waals surface area contributed by atoms with Crippen LogP contribution in [0.15, 0.2) is 42.7 Å². The highest BCUT2D eigenvalue weighted by molar-refractivity contribution is 5.87. The lowest BCUT2D eigenvalue weighted by Gasteiger charge is -2.12. The van der Waals surface area contributed by atoms with E-state index in [-0.39, 0.29) is 0 Å². The van der Waals surface area contributed by atoms with E-state index in [9.17, 15) is 4.79 Å². The van der Waals surface area contributed by atoms with E-state index in [0.29, 0.717) is 22.9 Å². The van der Waals surface area contributed by atoms with Gasteiger partial charge in [-0.2, -0.15) is 0 Å². The molecule has 0 atom stereocenters. The van der Waals surface area contributed by atoms with Crippen molar-refractivity contribution in [3.8, 4) is 17.4 Å². The first kappa shape index (κ1) is 14.0. The first-order valence-electron chi connectivity index (χ1n) is 6.74. The van der Waals surface area contributed by atoms with Gasteiger partial charge < -0.3 is 9.47 Å². The zero-order valence-corrected chi connectivity index (χ0v) is 12.2. The lowest BCUT2D eigenvalue weighted by molar-refractivity contribution is 0.112. The molecule has 3 rings (SSSR count). The van der Waals surface area contributed by atoms with Crippen molar-refractivity contribution in [3.63, 3.8) is 0 Å². The van der Waals surface area contributed by atoms with E-state index in [1.165, 1.54) is 6.33 Å². The zero-order chi connectivity index (χ0) is 15.5. The van der Waals surface area contributed by atoms with Crippen molar-refractivity contribution in [3.05, 3.63) is 53.9 Å². The summed E-state index contributed by atoms with van der Waals surface area (Å²) < 4.78 is 11.2. The van der Waals surface area contributed by atoms with Crippen LogP contribution in [0.5, 0.6) is 17.4 Å². The Morgan fingerprint density at radius 1 is 1.09 bits per heavy atom. The van der Waals surface area contributed by atoms with Gasteiger partial charge in [-0.15, -0.1) is 0 Å². The number of methoxy groups -OCH3 is 1. The number of benzene rings is 2. The molecule has 1 heterocycles. The normalized spacial score (nSPS) is 10.5. The van der Waals surface area contributed by atoms with E-state index in [2.05, 4.69) is 9.97 Å². The summed E-state index contributed by atoms with van der Waals surface area (Å²) in [5.41, 5.74) is 2.32. The summed E-state index contributed by atoms with van der Waals surface area (Å²) in [5, 5.41) is 0.837. The fourth-order valence-electron chi connectivity index (χ4n) is 2.27. The minimum atomic E-state index is 0.435. The second-order valence-corrected chi connectivity index (χ2v) is 4.78. The summed E-state index contributed by atoms with van der Waals surface area (Å²) in [6, 6.07) is 10.8. The molecule has 0 N–H and O–H groups in total. The molecule has 0 aliphatic rings. The number of aryl methyl sites for hydroxylation is 1. The van der Waals surface area contributed by atoms with E-state index < -0.39 is 0 Å². The lowest BCUT2D eigenvalue weighted by Crippen LogP contribution is -1.96. The van der Waals surface area contributed by atoms with Gasteiger partial charge in [0.2, 0.25) is 5.88 Å². The van der Waals surface area contributed by atoms with E-state index in [4.69, 9.17) is 9.47 Å². The van der Waals surface area contributed by atoms with Crippen LogP contribution in [0.3, 0.4) is 0 Å². The molecule has 0 saturated carbocycles. The fourth-order valence-corrected chi connectivity index (χ4v) is 2.27. The molecule has 110 valence electrons. The summed E-state index contributed by atoms with van der Waals surface area (Å²) in [7, 11) is 1.55. The number of ether oxygens (including phenoxy) is 2. The highest BCUT2D eigenvalue weighted by Gasteiger charge is 2.12. The highest BCUT2D eigenvalue weighted by atomic mass is 16.5. The summed E-state index contributed by atoms with van der Waals surface area (Å²) in [6.45, 7) is 1.97. The van der Waals surface area contributed by atoms with E-state index in [0.717, 1.165) is 22.8 Å². The van der Waals surface area contributed by atoms with Gasteiger partial charge >= 0.3 is 0 Å². The smallest absolute Gasteiger partial charge is 0.230 e. The molecular weight excluding hydrogens is 280 g/mol. The van der Waals surface area contributed by atoms with Crippen LogP contribution in [0.1, 0.15) is 15.9 Å². The third kappa shape index (κ3) is 2.48. The van der Waals surface area contributed by atoms with Crippen LogP contribution in [0.25, 0.3) is 10.9 Å². The van der Waals surface area contributed by atoms with Crippen molar-refractivity contribution in [2.75, 3.05) is 7.11 Å². The molecule has 0 radical (unpaired) electrons. The summed E-state index contributed by atoms with van der Waals surface area (Å²) >= 11 is 0. The number of carbonyl (C=O) groups is 1. The van der Waals surface area contributed by atoms with Crippen LogP contribution in [0.4, 0.5) is 0 Å². The number of aromatic nitrogens is 2. The predicted octanol–water partition coefficient (Wildman–Crippen LogP) is 3.55. The second kappa shape index (κ2) is 5.81. The number of nitrogens with zero attached hydrogens (tertiary/aromatic N) is 2. The Morgan fingerprint density at radius 3 is 2.73 bits per heavy atom. The number of aldehydes is 1. The maximum Gasteiger partial charge on any atom is 0.230 e. The predicted molar refractivity (Wildman–Crippen MR) is 82.7 cm³/mol. The monoisotopic (exact) mass is 294 g/mol. The molecule has 3 aromatic rings. The van der Waals surface area contributed by atoms with Crippen molar-refractivity contribution >= 4 is 17.2 Å². The zero-order valence-electron chi connectivity index (χ0n) is 12.2. The first-order chi connectivity index (χ1) is 10.7. The minimum Gasteiger partial charge on any atom is -0.493 e. The van der Waals surface area contributed by atoms with Crippen LogP contribution in [0, 0.1) is 6.92 Å². The van der Waals surface area contributed by atoms with E-state index in [1.807, 2.05) is 25.1 Å². The molecule has 0 fully saturated rings. The number of hydrogen-bond donors (Lipinski definition) is 0. The molecule has 1 aromatic heterocycles. The van der Waals surface area contributed by atoms with Crippen LogP contribution < -0.4 is 9.47 Å². The van der Waals surface area contributed by atoms with Gasteiger partial charge in [0.1, 0.15) is 12.6 Å². The summed E-state index contributed by atoms with van der Waals surface area (Å²) in [5.74, 6) is 1.41. The molecule has 0 spiro atoms. The Kier molecular flexibility index (Phi) is 3.70. The van der Waals surface area contributed by atoms with Gasteiger partial charge in [0, 0.05) is 5.56 Å². The highest BCUT2D eigenvalue weighted by Crippen LogP contribution is 2.34. The van der Waals surface area contributed by atoms with Gasteiger partial charge in [0.25, 0.3) is 0 Å². The number of hydrogen-bond acceptors (Lipinski definition) is 5. The van der Waals surface area contributed by atoms with Crippen LogP contribution in [0.2, 0.25) is 0 Å². The third-order valence-corrected chi connectivity index (χ3v) is 3.37. The van der Waals surface area contributed by atoms with Gasteiger partial charge in [0.05, 0.1) is 18.0 Å². The maximum atomic E-state index is 11.0. The van der Waals surface area contributed by atoms with Gasteiger partial charge in [-0.3, -0.25) is 4.79 Å². The molecule has 0 aliphatic carbocycles. The van der Waals surface area contributed by atoms with Crippen molar-refractivity contribution < 1.29 is 14.3 Å². The molecule has 0 bridgehead atoms. The Bertz CT molecular complexity index is 841. The number of carbonyl (C=O) groups excluding carboxylic acids is 1. The average Bonchev–Trinajstić information content (AvgIpc) is 2.55. The molecular formula is C17H14N2O3. The largest absolute Gasteiger partial charge is 0.493 e. The summed E-state index contributed by atoms with van der Waals surface area (Å²) in [6.07, 6.45) is 2.21. The van der Waals surface area contributed by atoms with E-state index >= 15 is 0 Å². The van der Waals surface area contributed by atoms with Crippen LogP contribution in [-0.4, -0.2) is 23.4 Å². The Labute approximate surface area is 127 Å². The molecule has 5 nitrogen and oxygen atoms in total. The first-order valence-corrected chi connectivity index (χ1v) is 6.74. The van der Waals surface area contributed by atoms with Crippen LogP contribution >= 0.6 is 0 Å². The van der Waals surface area contributed by atoms with Gasteiger partial charge in [-0.1, -0.05) is 12.1 Å². The van der Waals surface area contributed by atoms with Crippen molar-refractivity contribution in [1.29, 1.82) is 0 Å². The second-order valence-electron chi connectivity index (χ2n) is 4.78. The van der Waals surface area contributed by atoms with Crippen molar-refractivity contribution in [2.24, 2.45) is 0 Å². The van der Waals surface area contributed by atoms with Gasteiger partial charge in [-0.05, 0) is 36.8 Å². The fraction of sp³-hybridized carbons (Fsp3) is 0.118. The topological polar surface area (TPSA) is 61.3 Å². The Morgan fingerprint density at radius 2 is 1.95 bits per heavy atom. The molecule has 2 aromatic carbocycles. The van der Waals surface area contributed by atoms with Gasteiger partial charge in [-0.25, -0.2) is 9.97 Å². The van der Waals surface area contributed by atoms with Crippen molar-refractivity contribution in [1.82, 2.24) is 9.97 Å². The summed E-state index contributed by atoms with van der Waals surface area (Å²) in [4.78, 5) is 19.4. The standard InChI is InChI=1S/C17H14N2O3/c1-11-4-3-5-13-16(11)17(19-10-18-13)22-15-8-12(9-20)6-7-14(15)21-2/h3-10H,1-2H3. The third-order valence-electron chi connectivity index (χ3n) is 3.37. The molecule has 5 heteroatoms.